The third-order valence-corrected chi connectivity index (χ3v) is 9.03. The highest BCUT2D eigenvalue weighted by molar-refractivity contribution is 9.10. The number of hydrogen-bond donors (Lipinski definition) is 1. The average molecular weight is 541 g/mol. The Balaban J connectivity index is 1.61. The number of aromatic nitrogens is 1. The third-order valence-electron chi connectivity index (χ3n) is 5.82. The molecule has 0 radical (unpaired) electrons. The standard InChI is InChI=1S/C21H25BrN4O4S2/c1-3-18(27)26-8-6-14-9-16(22)10-17(19(14)26)32(29,30)25-7-4-5-15(11-25)20(28)24-21-23-13(2)12-31-21/h9-10,12,15H,3-8,11H2,1-2H3,(H,23,24,28)/t15-/m1/s1. The van der Waals surface area contributed by atoms with E-state index in [9.17, 15) is 18.0 Å². The van der Waals surface area contributed by atoms with Crippen molar-refractivity contribution in [2.75, 3.05) is 29.9 Å². The summed E-state index contributed by atoms with van der Waals surface area (Å²) >= 11 is 4.77. The number of aryl methyl sites for hydroxylation is 1. The van der Waals surface area contributed by atoms with E-state index in [0.29, 0.717) is 54.1 Å². The maximum atomic E-state index is 13.7. The van der Waals surface area contributed by atoms with Crippen molar-refractivity contribution in [3.8, 4) is 0 Å². The number of anilines is 2. The summed E-state index contributed by atoms with van der Waals surface area (Å²) in [4.78, 5) is 31.2. The summed E-state index contributed by atoms with van der Waals surface area (Å²) in [6.45, 7) is 4.53. The van der Waals surface area contributed by atoms with Crippen LogP contribution in [0.15, 0.2) is 26.9 Å². The van der Waals surface area contributed by atoms with Crippen LogP contribution in [0.4, 0.5) is 10.8 Å². The predicted octanol–water partition coefficient (Wildman–Crippen LogP) is 3.55. The smallest absolute Gasteiger partial charge is 0.245 e. The molecule has 0 spiro atoms. The second kappa shape index (κ2) is 9.20. The lowest BCUT2D eigenvalue weighted by molar-refractivity contribution is -0.121. The first-order valence-corrected chi connectivity index (χ1v) is 13.7. The van der Waals surface area contributed by atoms with E-state index in [-0.39, 0.29) is 23.3 Å². The Bertz CT molecular complexity index is 1160. The molecule has 0 aliphatic carbocycles. The molecule has 1 atom stereocenters. The molecule has 1 aromatic carbocycles. The fraction of sp³-hybridized carbons (Fsp3) is 0.476. The summed E-state index contributed by atoms with van der Waals surface area (Å²) in [6.07, 6.45) is 2.11. The van der Waals surface area contributed by atoms with Crippen LogP contribution in [-0.4, -0.2) is 49.2 Å². The minimum absolute atomic E-state index is 0.0987. The van der Waals surface area contributed by atoms with Crippen LogP contribution in [-0.2, 0) is 26.0 Å². The normalized spacial score (nSPS) is 19.1. The topological polar surface area (TPSA) is 99.7 Å². The van der Waals surface area contributed by atoms with E-state index in [1.807, 2.05) is 18.4 Å². The van der Waals surface area contributed by atoms with Crippen LogP contribution in [0, 0.1) is 12.8 Å². The number of amides is 2. The fourth-order valence-electron chi connectivity index (χ4n) is 4.24. The number of halogens is 1. The molecule has 2 aliphatic rings. The van der Waals surface area contributed by atoms with Gasteiger partial charge >= 0.3 is 0 Å². The maximum Gasteiger partial charge on any atom is 0.245 e. The van der Waals surface area contributed by atoms with Gasteiger partial charge in [-0.3, -0.25) is 9.59 Å². The van der Waals surface area contributed by atoms with Crippen LogP contribution < -0.4 is 10.2 Å². The number of nitrogens with one attached hydrogen (secondary N) is 1. The van der Waals surface area contributed by atoms with Gasteiger partial charge in [-0.2, -0.15) is 4.31 Å². The molecule has 11 heteroatoms. The van der Waals surface area contributed by atoms with Gasteiger partial charge in [-0.25, -0.2) is 13.4 Å². The Morgan fingerprint density at radius 1 is 1.31 bits per heavy atom. The first-order valence-electron chi connectivity index (χ1n) is 10.6. The molecule has 8 nitrogen and oxygen atoms in total. The molecule has 2 amide bonds. The van der Waals surface area contributed by atoms with Gasteiger partial charge in [0.2, 0.25) is 21.8 Å². The van der Waals surface area contributed by atoms with Crippen molar-refractivity contribution in [1.82, 2.24) is 9.29 Å². The first-order chi connectivity index (χ1) is 15.2. The van der Waals surface area contributed by atoms with Crippen molar-refractivity contribution in [3.05, 3.63) is 33.2 Å². The SMILES string of the molecule is CCC(=O)N1CCc2cc(Br)cc(S(=O)(=O)N3CCC[C@@H](C(=O)Nc4nc(C)cs4)C3)c21. The van der Waals surface area contributed by atoms with Gasteiger partial charge < -0.3 is 10.2 Å². The quantitative estimate of drug-likeness (QED) is 0.624. The predicted molar refractivity (Wildman–Crippen MR) is 127 cm³/mol. The Morgan fingerprint density at radius 2 is 2.09 bits per heavy atom. The molecule has 3 heterocycles. The van der Waals surface area contributed by atoms with Crippen LogP contribution in [0.1, 0.15) is 37.4 Å². The van der Waals surface area contributed by atoms with Crippen molar-refractivity contribution >= 4 is 59.9 Å². The highest BCUT2D eigenvalue weighted by Gasteiger charge is 2.38. The van der Waals surface area contributed by atoms with Gasteiger partial charge in [0.25, 0.3) is 0 Å². The molecule has 1 saturated heterocycles. The molecule has 1 aromatic heterocycles. The second-order valence-corrected chi connectivity index (χ2v) is 11.7. The summed E-state index contributed by atoms with van der Waals surface area (Å²) in [5.74, 6) is -0.782. The van der Waals surface area contributed by atoms with Crippen molar-refractivity contribution in [1.29, 1.82) is 0 Å². The molecular weight excluding hydrogens is 516 g/mol. The van der Waals surface area contributed by atoms with E-state index in [1.165, 1.54) is 15.6 Å². The van der Waals surface area contributed by atoms with E-state index < -0.39 is 15.9 Å². The van der Waals surface area contributed by atoms with E-state index in [1.54, 1.807) is 17.9 Å². The Hall–Kier alpha value is -1.82. The molecule has 2 aliphatic heterocycles. The Labute approximate surface area is 200 Å². The zero-order valence-corrected chi connectivity index (χ0v) is 21.1. The highest BCUT2D eigenvalue weighted by Crippen LogP contribution is 2.40. The van der Waals surface area contributed by atoms with Crippen LogP contribution in [0.25, 0.3) is 0 Å². The number of rotatable bonds is 5. The number of benzene rings is 1. The minimum Gasteiger partial charge on any atom is -0.310 e. The average Bonchev–Trinajstić information content (AvgIpc) is 3.38. The van der Waals surface area contributed by atoms with Crippen molar-refractivity contribution in [2.45, 2.75) is 44.4 Å². The largest absolute Gasteiger partial charge is 0.310 e. The number of thiazole rings is 1. The van der Waals surface area contributed by atoms with E-state index in [2.05, 4.69) is 26.2 Å². The van der Waals surface area contributed by atoms with Gasteiger partial charge in [0.05, 0.1) is 17.3 Å². The van der Waals surface area contributed by atoms with E-state index >= 15 is 0 Å². The summed E-state index contributed by atoms with van der Waals surface area (Å²) in [7, 11) is -3.90. The molecule has 1 N–H and O–H groups in total. The fourth-order valence-corrected chi connectivity index (χ4v) is 7.37. The number of piperidine rings is 1. The molecule has 32 heavy (non-hydrogen) atoms. The zero-order valence-electron chi connectivity index (χ0n) is 17.9. The van der Waals surface area contributed by atoms with Gasteiger partial charge in [0.15, 0.2) is 5.13 Å². The number of carbonyl (C=O) groups excluding carboxylic acids is 2. The molecule has 1 fully saturated rings. The maximum absolute atomic E-state index is 13.7. The van der Waals surface area contributed by atoms with Crippen LogP contribution >= 0.6 is 27.3 Å². The summed E-state index contributed by atoms with van der Waals surface area (Å²) in [6, 6.07) is 3.44. The molecule has 4 rings (SSSR count). The molecular formula is C21H25BrN4O4S2. The van der Waals surface area contributed by atoms with Crippen LogP contribution in [0.2, 0.25) is 0 Å². The van der Waals surface area contributed by atoms with Crippen molar-refractivity contribution < 1.29 is 18.0 Å². The second-order valence-electron chi connectivity index (χ2n) is 8.05. The van der Waals surface area contributed by atoms with Crippen molar-refractivity contribution in [3.63, 3.8) is 0 Å². The van der Waals surface area contributed by atoms with E-state index in [0.717, 1.165) is 11.3 Å². The molecule has 0 unspecified atom stereocenters. The van der Waals surface area contributed by atoms with Gasteiger partial charge in [-0.15, -0.1) is 11.3 Å². The number of hydrogen-bond acceptors (Lipinski definition) is 6. The van der Waals surface area contributed by atoms with Gasteiger partial charge in [-0.1, -0.05) is 22.9 Å². The highest BCUT2D eigenvalue weighted by atomic mass is 79.9. The Kier molecular flexibility index (Phi) is 6.71. The van der Waals surface area contributed by atoms with Crippen molar-refractivity contribution in [2.24, 2.45) is 5.92 Å². The van der Waals surface area contributed by atoms with Gasteiger partial charge in [0.1, 0.15) is 4.90 Å². The number of carbonyl (C=O) groups is 2. The monoisotopic (exact) mass is 540 g/mol. The molecule has 172 valence electrons. The summed E-state index contributed by atoms with van der Waals surface area (Å²) in [5.41, 5.74) is 2.14. The third kappa shape index (κ3) is 4.48. The number of nitrogens with zero attached hydrogens (tertiary/aromatic N) is 3. The lowest BCUT2D eigenvalue weighted by Crippen LogP contribution is -2.44. The number of fused-ring (bicyclic) bond motifs is 1. The lowest BCUT2D eigenvalue weighted by atomic mass is 9.99. The first kappa shape index (κ1) is 23.3. The molecule has 0 saturated carbocycles. The Morgan fingerprint density at radius 3 is 2.78 bits per heavy atom. The molecule has 0 bridgehead atoms. The van der Waals surface area contributed by atoms with Gasteiger partial charge in [-0.05, 0) is 43.9 Å². The lowest BCUT2D eigenvalue weighted by Gasteiger charge is -2.32. The van der Waals surface area contributed by atoms with Crippen LogP contribution in [0.3, 0.4) is 0 Å². The number of sulfonamides is 1. The summed E-state index contributed by atoms with van der Waals surface area (Å²) in [5, 5.41) is 5.18. The van der Waals surface area contributed by atoms with Crippen LogP contribution in [0.5, 0.6) is 0 Å². The van der Waals surface area contributed by atoms with Gasteiger partial charge in [0, 0.05) is 35.9 Å². The zero-order chi connectivity index (χ0) is 23.0. The summed E-state index contributed by atoms with van der Waals surface area (Å²) < 4.78 is 29.5. The minimum atomic E-state index is -3.90. The molecule has 2 aromatic rings. The van der Waals surface area contributed by atoms with E-state index in [4.69, 9.17) is 0 Å².